The summed E-state index contributed by atoms with van der Waals surface area (Å²) in [5.41, 5.74) is 0. The summed E-state index contributed by atoms with van der Waals surface area (Å²) in [4.78, 5) is 4.22. The molecular formula is C11H18N2O2. The maximum absolute atomic E-state index is 5.48. The van der Waals surface area contributed by atoms with E-state index in [-0.39, 0.29) is 6.04 Å². The Labute approximate surface area is 90.0 Å². The molecule has 0 spiro atoms. The minimum Gasteiger partial charge on any atom is -0.444 e. The molecule has 0 saturated carbocycles. The maximum atomic E-state index is 5.48. The van der Waals surface area contributed by atoms with Gasteiger partial charge in [0.05, 0.1) is 12.2 Å². The predicted octanol–water partition coefficient (Wildman–Crippen LogP) is 1.81. The third-order valence-corrected chi connectivity index (χ3v) is 2.72. The first-order valence-electron chi connectivity index (χ1n) is 5.52. The molecule has 4 nitrogen and oxygen atoms in total. The standard InChI is InChI=1S/C11H18N2O2/c1-8-7-12-11(15-8)9(2)13-10-3-5-14-6-4-10/h7,9-10,13H,3-6H2,1-2H3. The lowest BCUT2D eigenvalue weighted by Gasteiger charge is -2.25. The molecule has 84 valence electrons. The molecule has 1 aliphatic rings. The van der Waals surface area contributed by atoms with Crippen LogP contribution in [0.2, 0.25) is 0 Å². The van der Waals surface area contributed by atoms with Crippen molar-refractivity contribution in [1.29, 1.82) is 0 Å². The molecule has 1 aliphatic heterocycles. The minimum atomic E-state index is 0.182. The Balaban J connectivity index is 1.88. The van der Waals surface area contributed by atoms with Crippen molar-refractivity contribution in [2.45, 2.75) is 38.8 Å². The van der Waals surface area contributed by atoms with E-state index in [2.05, 4.69) is 17.2 Å². The molecule has 1 saturated heterocycles. The highest BCUT2D eigenvalue weighted by Gasteiger charge is 2.18. The molecule has 1 unspecified atom stereocenters. The zero-order chi connectivity index (χ0) is 10.7. The van der Waals surface area contributed by atoms with Gasteiger partial charge in [-0.05, 0) is 26.7 Å². The molecule has 1 atom stereocenters. The van der Waals surface area contributed by atoms with Gasteiger partial charge in [-0.15, -0.1) is 0 Å². The Morgan fingerprint density at radius 2 is 2.20 bits per heavy atom. The van der Waals surface area contributed by atoms with Crippen LogP contribution < -0.4 is 5.32 Å². The van der Waals surface area contributed by atoms with Crippen molar-refractivity contribution in [3.8, 4) is 0 Å². The van der Waals surface area contributed by atoms with Crippen molar-refractivity contribution in [3.05, 3.63) is 17.8 Å². The largest absolute Gasteiger partial charge is 0.444 e. The van der Waals surface area contributed by atoms with Crippen LogP contribution in [0.1, 0.15) is 37.5 Å². The van der Waals surface area contributed by atoms with Crippen LogP contribution in [0.3, 0.4) is 0 Å². The van der Waals surface area contributed by atoms with Gasteiger partial charge in [0.1, 0.15) is 5.76 Å². The molecule has 2 heterocycles. The first-order valence-corrected chi connectivity index (χ1v) is 5.52. The van der Waals surface area contributed by atoms with E-state index in [1.165, 1.54) is 0 Å². The molecular weight excluding hydrogens is 192 g/mol. The van der Waals surface area contributed by atoms with E-state index < -0.39 is 0 Å². The van der Waals surface area contributed by atoms with Gasteiger partial charge in [0, 0.05) is 19.3 Å². The zero-order valence-corrected chi connectivity index (χ0v) is 9.32. The first-order chi connectivity index (χ1) is 7.25. The van der Waals surface area contributed by atoms with Crippen LogP contribution in [0.15, 0.2) is 10.6 Å². The van der Waals surface area contributed by atoms with Crippen LogP contribution in [0.4, 0.5) is 0 Å². The van der Waals surface area contributed by atoms with Gasteiger partial charge in [0.2, 0.25) is 5.89 Å². The smallest absolute Gasteiger partial charge is 0.211 e. The van der Waals surface area contributed by atoms with Gasteiger partial charge in [-0.25, -0.2) is 4.98 Å². The quantitative estimate of drug-likeness (QED) is 0.826. The monoisotopic (exact) mass is 210 g/mol. The van der Waals surface area contributed by atoms with Gasteiger partial charge < -0.3 is 14.5 Å². The molecule has 0 bridgehead atoms. The molecule has 0 aliphatic carbocycles. The fourth-order valence-electron chi connectivity index (χ4n) is 1.86. The number of hydrogen-bond donors (Lipinski definition) is 1. The summed E-state index contributed by atoms with van der Waals surface area (Å²) in [5, 5.41) is 3.51. The number of hydrogen-bond acceptors (Lipinski definition) is 4. The van der Waals surface area contributed by atoms with Gasteiger partial charge >= 0.3 is 0 Å². The third kappa shape index (κ3) is 2.79. The molecule has 15 heavy (non-hydrogen) atoms. The predicted molar refractivity (Wildman–Crippen MR) is 56.6 cm³/mol. The third-order valence-electron chi connectivity index (χ3n) is 2.72. The molecule has 0 radical (unpaired) electrons. The van der Waals surface area contributed by atoms with E-state index in [0.29, 0.717) is 6.04 Å². The summed E-state index contributed by atoms with van der Waals surface area (Å²) >= 11 is 0. The SMILES string of the molecule is Cc1cnc(C(C)NC2CCOCC2)o1. The van der Waals surface area contributed by atoms with E-state index in [4.69, 9.17) is 9.15 Å². The number of ether oxygens (including phenoxy) is 1. The highest BCUT2D eigenvalue weighted by Crippen LogP contribution is 2.15. The summed E-state index contributed by atoms with van der Waals surface area (Å²) < 4.78 is 10.8. The number of nitrogens with zero attached hydrogens (tertiary/aromatic N) is 1. The maximum Gasteiger partial charge on any atom is 0.211 e. The average Bonchev–Trinajstić information content (AvgIpc) is 2.66. The van der Waals surface area contributed by atoms with E-state index in [1.807, 2.05) is 6.92 Å². The van der Waals surface area contributed by atoms with Crippen molar-refractivity contribution >= 4 is 0 Å². The lowest BCUT2D eigenvalue weighted by molar-refractivity contribution is 0.0744. The normalized spacial score (nSPS) is 20.4. The number of oxazole rings is 1. The summed E-state index contributed by atoms with van der Waals surface area (Å²) in [6.45, 7) is 5.71. The number of nitrogens with one attached hydrogen (secondary N) is 1. The van der Waals surface area contributed by atoms with Crippen LogP contribution in [0.25, 0.3) is 0 Å². The lowest BCUT2D eigenvalue weighted by atomic mass is 10.1. The number of aryl methyl sites for hydroxylation is 1. The summed E-state index contributed by atoms with van der Waals surface area (Å²) in [5.74, 6) is 1.64. The molecule has 1 fully saturated rings. The van der Waals surface area contributed by atoms with E-state index in [9.17, 15) is 0 Å². The summed E-state index contributed by atoms with van der Waals surface area (Å²) in [6.07, 6.45) is 3.91. The fraction of sp³-hybridized carbons (Fsp3) is 0.727. The molecule has 1 aromatic rings. The van der Waals surface area contributed by atoms with Gasteiger partial charge in [-0.1, -0.05) is 0 Å². The second kappa shape index (κ2) is 4.77. The van der Waals surface area contributed by atoms with Gasteiger partial charge in [0.15, 0.2) is 0 Å². The molecule has 0 amide bonds. The fourth-order valence-corrected chi connectivity index (χ4v) is 1.86. The van der Waals surface area contributed by atoms with Crippen molar-refractivity contribution in [1.82, 2.24) is 10.3 Å². The van der Waals surface area contributed by atoms with Crippen LogP contribution in [0.5, 0.6) is 0 Å². The van der Waals surface area contributed by atoms with E-state index in [1.54, 1.807) is 6.20 Å². The van der Waals surface area contributed by atoms with Crippen LogP contribution in [-0.2, 0) is 4.74 Å². The van der Waals surface area contributed by atoms with Crippen molar-refractivity contribution < 1.29 is 9.15 Å². The van der Waals surface area contributed by atoms with E-state index >= 15 is 0 Å². The van der Waals surface area contributed by atoms with Crippen LogP contribution >= 0.6 is 0 Å². The Kier molecular flexibility index (Phi) is 3.38. The Bertz CT molecular complexity index is 305. The first kappa shape index (κ1) is 10.6. The number of aromatic nitrogens is 1. The van der Waals surface area contributed by atoms with Crippen LogP contribution in [-0.4, -0.2) is 24.2 Å². The summed E-state index contributed by atoms with van der Waals surface area (Å²) in [6, 6.07) is 0.711. The van der Waals surface area contributed by atoms with Gasteiger partial charge in [-0.3, -0.25) is 0 Å². The minimum absolute atomic E-state index is 0.182. The average molecular weight is 210 g/mol. The van der Waals surface area contributed by atoms with Crippen molar-refractivity contribution in [3.63, 3.8) is 0 Å². The summed E-state index contributed by atoms with van der Waals surface area (Å²) in [7, 11) is 0. The number of rotatable bonds is 3. The lowest BCUT2D eigenvalue weighted by Crippen LogP contribution is -2.36. The zero-order valence-electron chi connectivity index (χ0n) is 9.32. The molecule has 1 N–H and O–H groups in total. The molecule has 2 rings (SSSR count). The second-order valence-corrected chi connectivity index (χ2v) is 4.08. The highest BCUT2D eigenvalue weighted by atomic mass is 16.5. The Morgan fingerprint density at radius 1 is 1.47 bits per heavy atom. The van der Waals surface area contributed by atoms with Crippen molar-refractivity contribution in [2.75, 3.05) is 13.2 Å². The second-order valence-electron chi connectivity index (χ2n) is 4.08. The van der Waals surface area contributed by atoms with Gasteiger partial charge in [0.25, 0.3) is 0 Å². The molecule has 0 aromatic carbocycles. The topological polar surface area (TPSA) is 47.3 Å². The highest BCUT2D eigenvalue weighted by molar-refractivity contribution is 4.95. The van der Waals surface area contributed by atoms with Crippen LogP contribution in [0, 0.1) is 6.92 Å². The van der Waals surface area contributed by atoms with E-state index in [0.717, 1.165) is 37.7 Å². The Hall–Kier alpha value is -0.870. The molecule has 1 aromatic heterocycles. The van der Waals surface area contributed by atoms with Crippen molar-refractivity contribution in [2.24, 2.45) is 0 Å². The Morgan fingerprint density at radius 3 is 2.80 bits per heavy atom. The van der Waals surface area contributed by atoms with Gasteiger partial charge in [-0.2, -0.15) is 0 Å². The molecule has 4 heteroatoms.